The molecule has 0 heterocycles. The zero-order valence-corrected chi connectivity index (χ0v) is 12.8. The zero-order chi connectivity index (χ0) is 16.0. The quantitative estimate of drug-likeness (QED) is 0.684. The van der Waals surface area contributed by atoms with Crippen LogP contribution >= 0.6 is 0 Å². The second kappa shape index (κ2) is 7.11. The number of hydrogen-bond donors (Lipinski definition) is 1. The number of methoxy groups -OCH3 is 1. The lowest BCUT2D eigenvalue weighted by Gasteiger charge is -2.26. The minimum absolute atomic E-state index is 0.0983. The van der Waals surface area contributed by atoms with Crippen molar-refractivity contribution in [2.75, 3.05) is 18.6 Å². The topological polar surface area (TPSA) is 59.0 Å². The van der Waals surface area contributed by atoms with Crippen LogP contribution in [0.3, 0.4) is 0 Å². The van der Waals surface area contributed by atoms with Crippen LogP contribution in [-0.2, 0) is 9.47 Å². The molecule has 0 radical (unpaired) electrons. The first-order chi connectivity index (χ1) is 9.78. The van der Waals surface area contributed by atoms with Crippen molar-refractivity contribution in [1.82, 2.24) is 0 Å². The molecule has 1 unspecified atom stereocenters. The summed E-state index contributed by atoms with van der Waals surface area (Å²) < 4.78 is 10.1. The Morgan fingerprint density at radius 1 is 1.38 bits per heavy atom. The highest BCUT2D eigenvalue weighted by molar-refractivity contribution is 5.88. The number of ether oxygens (including phenoxy) is 2. The molecule has 1 atom stereocenters. The van der Waals surface area contributed by atoms with Crippen LogP contribution in [0.5, 0.6) is 0 Å². The number of aliphatic hydroxyl groups excluding tert-OH is 1. The molecule has 0 spiro atoms. The lowest BCUT2D eigenvalue weighted by atomic mass is 10.2. The first-order valence-corrected chi connectivity index (χ1v) is 6.53. The van der Waals surface area contributed by atoms with Crippen LogP contribution in [0.4, 0.5) is 10.5 Å². The summed E-state index contributed by atoms with van der Waals surface area (Å²) in [5.74, 6) is 2.43. The van der Waals surface area contributed by atoms with Gasteiger partial charge in [-0.1, -0.05) is 18.1 Å². The van der Waals surface area contributed by atoms with Gasteiger partial charge in [0.2, 0.25) is 0 Å². The Balaban J connectivity index is 2.96. The van der Waals surface area contributed by atoms with Crippen molar-refractivity contribution in [3.05, 3.63) is 29.8 Å². The second-order valence-electron chi connectivity index (χ2n) is 5.45. The van der Waals surface area contributed by atoms with Crippen LogP contribution < -0.4 is 4.90 Å². The Morgan fingerprint density at radius 3 is 2.38 bits per heavy atom. The van der Waals surface area contributed by atoms with Crippen molar-refractivity contribution in [3.8, 4) is 12.3 Å². The summed E-state index contributed by atoms with van der Waals surface area (Å²) in [4.78, 5) is 13.5. The SMILES string of the molecule is C#CCN(C(=O)OC(C)(C)C)c1ccc(C(O)OC)cc1. The first kappa shape index (κ1) is 17.0. The average molecular weight is 291 g/mol. The standard InChI is InChI=1S/C16H21NO4/c1-6-11-17(15(19)21-16(2,3)4)13-9-7-12(8-10-13)14(18)20-5/h1,7-10,14,18H,11H2,2-5H3. The summed E-state index contributed by atoms with van der Waals surface area (Å²) in [5.41, 5.74) is 0.580. The number of anilines is 1. The third-order valence-electron chi connectivity index (χ3n) is 2.58. The van der Waals surface area contributed by atoms with Crippen LogP contribution in [0.2, 0.25) is 0 Å². The molecule has 21 heavy (non-hydrogen) atoms. The average Bonchev–Trinajstić information content (AvgIpc) is 2.42. The fourth-order valence-electron chi connectivity index (χ4n) is 1.62. The van der Waals surface area contributed by atoms with Gasteiger partial charge >= 0.3 is 6.09 Å². The molecule has 114 valence electrons. The maximum Gasteiger partial charge on any atom is 0.415 e. The van der Waals surface area contributed by atoms with Gasteiger partial charge in [-0.2, -0.15) is 0 Å². The lowest BCUT2D eigenvalue weighted by Crippen LogP contribution is -2.37. The number of hydrogen-bond acceptors (Lipinski definition) is 4. The van der Waals surface area contributed by atoms with E-state index >= 15 is 0 Å². The van der Waals surface area contributed by atoms with Gasteiger partial charge in [0, 0.05) is 18.4 Å². The van der Waals surface area contributed by atoms with Gasteiger partial charge in [-0.15, -0.1) is 6.42 Å². The lowest BCUT2D eigenvalue weighted by molar-refractivity contribution is -0.0769. The first-order valence-electron chi connectivity index (χ1n) is 6.53. The number of aliphatic hydroxyl groups is 1. The smallest absolute Gasteiger partial charge is 0.415 e. The van der Waals surface area contributed by atoms with E-state index in [1.807, 2.05) is 0 Å². The molecule has 1 aromatic carbocycles. The summed E-state index contributed by atoms with van der Waals surface area (Å²) in [5, 5.41) is 9.56. The molecule has 0 aliphatic carbocycles. The Hall–Kier alpha value is -2.03. The second-order valence-corrected chi connectivity index (χ2v) is 5.45. The minimum atomic E-state index is -0.998. The number of carbonyl (C=O) groups excluding carboxylic acids is 1. The third kappa shape index (κ3) is 5.10. The Bertz CT molecular complexity index is 511. The monoisotopic (exact) mass is 291 g/mol. The molecule has 0 aromatic heterocycles. The molecule has 0 bridgehead atoms. The van der Waals surface area contributed by atoms with Crippen molar-refractivity contribution in [2.24, 2.45) is 0 Å². The molecule has 1 rings (SSSR count). The Morgan fingerprint density at radius 2 is 1.95 bits per heavy atom. The molecule has 0 fully saturated rings. The molecule has 1 amide bonds. The van der Waals surface area contributed by atoms with Crippen LogP contribution in [-0.4, -0.2) is 30.5 Å². The molecule has 5 heteroatoms. The molecular weight excluding hydrogens is 270 g/mol. The van der Waals surface area contributed by atoms with E-state index in [0.29, 0.717) is 11.3 Å². The highest BCUT2D eigenvalue weighted by Crippen LogP contribution is 2.21. The number of nitrogens with zero attached hydrogens (tertiary/aromatic N) is 1. The summed E-state index contributed by atoms with van der Waals surface area (Å²) in [6.07, 6.45) is 3.80. The van der Waals surface area contributed by atoms with E-state index in [4.69, 9.17) is 15.9 Å². The molecule has 0 aliphatic rings. The number of benzene rings is 1. The normalized spacial score (nSPS) is 12.4. The van der Waals surface area contributed by atoms with E-state index < -0.39 is 18.0 Å². The molecule has 1 N–H and O–H groups in total. The Kier molecular flexibility index (Phi) is 5.77. The van der Waals surface area contributed by atoms with Crippen LogP contribution in [0.15, 0.2) is 24.3 Å². The van der Waals surface area contributed by atoms with E-state index in [1.165, 1.54) is 12.0 Å². The number of rotatable bonds is 4. The minimum Gasteiger partial charge on any atom is -0.443 e. The van der Waals surface area contributed by atoms with Crippen molar-refractivity contribution in [1.29, 1.82) is 0 Å². The summed E-state index contributed by atoms with van der Waals surface area (Å²) in [6.45, 7) is 5.46. The van der Waals surface area contributed by atoms with E-state index in [2.05, 4.69) is 5.92 Å². The third-order valence-corrected chi connectivity index (χ3v) is 2.58. The molecule has 0 saturated carbocycles. The van der Waals surface area contributed by atoms with Crippen LogP contribution in [0.25, 0.3) is 0 Å². The largest absolute Gasteiger partial charge is 0.443 e. The van der Waals surface area contributed by atoms with Crippen LogP contribution in [0.1, 0.15) is 32.6 Å². The molecule has 0 aliphatic heterocycles. The van der Waals surface area contributed by atoms with Crippen molar-refractivity contribution in [2.45, 2.75) is 32.7 Å². The summed E-state index contributed by atoms with van der Waals surface area (Å²) in [6, 6.07) is 6.69. The van der Waals surface area contributed by atoms with Crippen molar-refractivity contribution >= 4 is 11.8 Å². The number of amides is 1. The van der Waals surface area contributed by atoms with Gasteiger partial charge in [0.1, 0.15) is 5.60 Å². The fraction of sp³-hybridized carbons (Fsp3) is 0.438. The number of terminal acetylenes is 1. The van der Waals surface area contributed by atoms with Gasteiger partial charge in [0.05, 0.1) is 6.54 Å². The highest BCUT2D eigenvalue weighted by Gasteiger charge is 2.23. The maximum absolute atomic E-state index is 12.2. The summed E-state index contributed by atoms with van der Waals surface area (Å²) in [7, 11) is 1.41. The van der Waals surface area contributed by atoms with Crippen molar-refractivity contribution in [3.63, 3.8) is 0 Å². The van der Waals surface area contributed by atoms with E-state index in [-0.39, 0.29) is 6.54 Å². The Labute approximate surface area is 125 Å². The van der Waals surface area contributed by atoms with Gasteiger partial charge in [0.15, 0.2) is 6.29 Å². The van der Waals surface area contributed by atoms with E-state index in [9.17, 15) is 9.90 Å². The molecule has 1 aromatic rings. The highest BCUT2D eigenvalue weighted by atomic mass is 16.6. The number of carbonyl (C=O) groups is 1. The maximum atomic E-state index is 12.2. The van der Waals surface area contributed by atoms with Gasteiger partial charge in [0.25, 0.3) is 0 Å². The van der Waals surface area contributed by atoms with Gasteiger partial charge in [-0.25, -0.2) is 4.79 Å². The predicted octanol–water partition coefficient (Wildman–Crippen LogP) is 2.70. The fourth-order valence-corrected chi connectivity index (χ4v) is 1.62. The van der Waals surface area contributed by atoms with Gasteiger partial charge in [-0.05, 0) is 32.9 Å². The van der Waals surface area contributed by atoms with Gasteiger partial charge in [-0.3, -0.25) is 4.90 Å². The van der Waals surface area contributed by atoms with E-state index in [1.54, 1.807) is 45.0 Å². The predicted molar refractivity (Wildman–Crippen MR) is 80.8 cm³/mol. The van der Waals surface area contributed by atoms with Crippen LogP contribution in [0, 0.1) is 12.3 Å². The molecule has 0 saturated heterocycles. The van der Waals surface area contributed by atoms with Gasteiger partial charge < -0.3 is 14.6 Å². The zero-order valence-electron chi connectivity index (χ0n) is 12.8. The van der Waals surface area contributed by atoms with Crippen molar-refractivity contribution < 1.29 is 19.4 Å². The summed E-state index contributed by atoms with van der Waals surface area (Å²) >= 11 is 0. The molecule has 5 nitrogen and oxygen atoms in total. The molecular formula is C16H21NO4. The van der Waals surface area contributed by atoms with E-state index in [0.717, 1.165) is 0 Å².